The topological polar surface area (TPSA) is 45.6 Å². The molecule has 0 amide bonds. The first-order valence-corrected chi connectivity index (χ1v) is 9.99. The smallest absolute Gasteiger partial charge is 0.123 e. The Morgan fingerprint density at radius 2 is 1.68 bits per heavy atom. The Morgan fingerprint density at radius 3 is 2.32 bits per heavy atom. The first-order valence-electron chi connectivity index (χ1n) is 9.99. The minimum Gasteiger partial charge on any atom is -0.497 e. The highest BCUT2D eigenvalue weighted by Gasteiger charge is 2.29. The second kappa shape index (κ2) is 7.96. The van der Waals surface area contributed by atoms with Crippen molar-refractivity contribution < 1.29 is 4.74 Å². The van der Waals surface area contributed by atoms with Gasteiger partial charge >= 0.3 is 0 Å². The lowest BCUT2D eigenvalue weighted by Gasteiger charge is -2.31. The van der Waals surface area contributed by atoms with E-state index in [4.69, 9.17) is 9.73 Å². The van der Waals surface area contributed by atoms with Gasteiger partial charge in [0.1, 0.15) is 11.6 Å². The van der Waals surface area contributed by atoms with Crippen LogP contribution in [0.3, 0.4) is 0 Å². The number of aliphatic imine (C=N–C) groups is 1. The van der Waals surface area contributed by atoms with Gasteiger partial charge in [-0.15, -0.1) is 0 Å². The lowest BCUT2D eigenvalue weighted by molar-refractivity contribution is 0.287. The molecule has 0 saturated heterocycles. The number of benzene rings is 2. The number of anilines is 1. The van der Waals surface area contributed by atoms with Gasteiger partial charge in [-0.25, -0.2) is 0 Å². The number of hydrogen-bond donors (Lipinski definition) is 2. The van der Waals surface area contributed by atoms with Gasteiger partial charge in [-0.2, -0.15) is 0 Å². The molecule has 1 atom stereocenters. The third kappa shape index (κ3) is 5.14. The van der Waals surface area contributed by atoms with Gasteiger partial charge in [-0.05, 0) is 55.0 Å². The van der Waals surface area contributed by atoms with Crippen molar-refractivity contribution in [2.24, 2.45) is 10.4 Å². The largest absolute Gasteiger partial charge is 0.497 e. The molecule has 1 heterocycles. The molecule has 28 heavy (non-hydrogen) atoms. The van der Waals surface area contributed by atoms with E-state index in [1.807, 2.05) is 12.1 Å². The third-order valence-electron chi connectivity index (χ3n) is 4.89. The van der Waals surface area contributed by atoms with E-state index in [2.05, 4.69) is 81.7 Å². The number of methoxy groups -OCH3 is 1. The number of hydrogen-bond acceptors (Lipinski definition) is 3. The molecular weight excluding hydrogens is 346 g/mol. The fourth-order valence-electron chi connectivity index (χ4n) is 4.14. The maximum absolute atomic E-state index is 5.33. The molecule has 0 aromatic heterocycles. The fourth-order valence-corrected chi connectivity index (χ4v) is 4.14. The van der Waals surface area contributed by atoms with E-state index < -0.39 is 0 Å². The molecule has 0 aliphatic carbocycles. The Morgan fingerprint density at radius 1 is 1.00 bits per heavy atom. The van der Waals surface area contributed by atoms with E-state index in [0.29, 0.717) is 0 Å². The van der Waals surface area contributed by atoms with Crippen LogP contribution in [0.5, 0.6) is 5.75 Å². The van der Waals surface area contributed by atoms with Crippen LogP contribution in [0.25, 0.3) is 0 Å². The summed E-state index contributed by atoms with van der Waals surface area (Å²) in [5, 5.41) is 7.33. The molecule has 0 spiro atoms. The van der Waals surface area contributed by atoms with Gasteiger partial charge in [0.05, 0.1) is 18.7 Å². The summed E-state index contributed by atoms with van der Waals surface area (Å²) in [6, 6.07) is 16.7. The summed E-state index contributed by atoms with van der Waals surface area (Å²) >= 11 is 0. The number of amidine groups is 1. The maximum Gasteiger partial charge on any atom is 0.123 e. The molecular formula is C24H33N3O. The summed E-state index contributed by atoms with van der Waals surface area (Å²) in [6.07, 6.45) is 1.00. The standard InChI is InChI=1S/C24H33N3O/c1-23(2,3)16-24(4,5)27-22-21(17-11-13-19(28-6)14-12-17)25-15-18-9-7-8-10-20(18)26-22/h7-14,21,25H,15-16H2,1-6H3,(H,26,27). The Balaban J connectivity index is 2.01. The molecule has 150 valence electrons. The van der Waals surface area contributed by atoms with Crippen molar-refractivity contribution in [3.05, 3.63) is 59.7 Å². The maximum atomic E-state index is 5.33. The van der Waals surface area contributed by atoms with Crippen LogP contribution in [0.2, 0.25) is 0 Å². The average molecular weight is 380 g/mol. The van der Waals surface area contributed by atoms with Gasteiger partial charge < -0.3 is 10.1 Å². The van der Waals surface area contributed by atoms with Crippen molar-refractivity contribution in [2.45, 2.75) is 59.2 Å². The molecule has 2 aromatic rings. The molecule has 3 rings (SSSR count). The number of nitrogens with one attached hydrogen (secondary N) is 2. The van der Waals surface area contributed by atoms with Crippen LogP contribution in [0.4, 0.5) is 5.69 Å². The SMILES string of the molecule is COc1ccc(C2NCc3ccccc3NC2=NC(C)(C)CC(C)(C)C)cc1. The van der Waals surface area contributed by atoms with E-state index in [1.165, 1.54) is 11.1 Å². The van der Waals surface area contributed by atoms with E-state index in [0.717, 1.165) is 30.2 Å². The predicted octanol–water partition coefficient (Wildman–Crippen LogP) is 5.56. The summed E-state index contributed by atoms with van der Waals surface area (Å²) < 4.78 is 5.33. The van der Waals surface area contributed by atoms with Crippen molar-refractivity contribution in [1.29, 1.82) is 0 Å². The lowest BCUT2D eigenvalue weighted by Crippen LogP contribution is -2.34. The predicted molar refractivity (Wildman–Crippen MR) is 118 cm³/mol. The zero-order chi connectivity index (χ0) is 20.4. The van der Waals surface area contributed by atoms with Crippen molar-refractivity contribution in [3.63, 3.8) is 0 Å². The highest BCUT2D eigenvalue weighted by Crippen LogP contribution is 2.32. The van der Waals surface area contributed by atoms with Gasteiger partial charge in [-0.1, -0.05) is 51.1 Å². The number of fused-ring (bicyclic) bond motifs is 1. The van der Waals surface area contributed by atoms with E-state index in [-0.39, 0.29) is 17.0 Å². The minimum atomic E-state index is -0.174. The number of para-hydroxylation sites is 1. The summed E-state index contributed by atoms with van der Waals surface area (Å²) in [6.45, 7) is 12.0. The second-order valence-electron chi connectivity index (χ2n) is 9.42. The van der Waals surface area contributed by atoms with Gasteiger partial charge in [-0.3, -0.25) is 10.3 Å². The van der Waals surface area contributed by atoms with E-state index in [1.54, 1.807) is 7.11 Å². The Hall–Kier alpha value is -2.33. The van der Waals surface area contributed by atoms with Gasteiger partial charge in [0, 0.05) is 12.2 Å². The molecule has 4 nitrogen and oxygen atoms in total. The number of nitrogens with zero attached hydrogens (tertiary/aromatic N) is 1. The molecule has 0 bridgehead atoms. The summed E-state index contributed by atoms with van der Waals surface area (Å²) in [7, 11) is 1.69. The van der Waals surface area contributed by atoms with Crippen molar-refractivity contribution in [3.8, 4) is 5.75 Å². The monoisotopic (exact) mass is 379 g/mol. The van der Waals surface area contributed by atoms with Crippen LogP contribution in [0.15, 0.2) is 53.5 Å². The molecule has 4 heteroatoms. The second-order valence-corrected chi connectivity index (χ2v) is 9.42. The van der Waals surface area contributed by atoms with Crippen LogP contribution < -0.4 is 15.4 Å². The number of rotatable bonds is 4. The van der Waals surface area contributed by atoms with Crippen LogP contribution in [-0.4, -0.2) is 18.5 Å². The van der Waals surface area contributed by atoms with Crippen molar-refractivity contribution >= 4 is 11.5 Å². The normalized spacial score (nSPS) is 18.9. The fraction of sp³-hybridized carbons (Fsp3) is 0.458. The Labute approximate surface area is 169 Å². The summed E-state index contributed by atoms with van der Waals surface area (Å²) in [4.78, 5) is 5.22. The molecule has 0 saturated carbocycles. The first kappa shape index (κ1) is 20.4. The van der Waals surface area contributed by atoms with Crippen LogP contribution in [-0.2, 0) is 6.54 Å². The van der Waals surface area contributed by atoms with Gasteiger partial charge in [0.15, 0.2) is 0 Å². The Kier molecular flexibility index (Phi) is 5.80. The van der Waals surface area contributed by atoms with E-state index >= 15 is 0 Å². The van der Waals surface area contributed by atoms with Gasteiger partial charge in [0.2, 0.25) is 0 Å². The van der Waals surface area contributed by atoms with E-state index in [9.17, 15) is 0 Å². The molecule has 2 aromatic carbocycles. The quantitative estimate of drug-likeness (QED) is 0.730. The van der Waals surface area contributed by atoms with Gasteiger partial charge in [0.25, 0.3) is 0 Å². The molecule has 1 unspecified atom stereocenters. The average Bonchev–Trinajstić information content (AvgIpc) is 2.78. The molecule has 0 fully saturated rings. The van der Waals surface area contributed by atoms with Crippen LogP contribution in [0.1, 0.15) is 58.2 Å². The first-order chi connectivity index (χ1) is 13.2. The lowest BCUT2D eigenvalue weighted by atomic mass is 9.82. The molecule has 2 N–H and O–H groups in total. The summed E-state index contributed by atoms with van der Waals surface area (Å²) in [5.74, 6) is 1.82. The zero-order valence-electron chi connectivity index (χ0n) is 18.0. The highest BCUT2D eigenvalue weighted by atomic mass is 16.5. The highest BCUT2D eigenvalue weighted by molar-refractivity contribution is 6.01. The van der Waals surface area contributed by atoms with Crippen LogP contribution in [0, 0.1) is 5.41 Å². The molecule has 0 radical (unpaired) electrons. The van der Waals surface area contributed by atoms with Crippen molar-refractivity contribution in [1.82, 2.24) is 5.32 Å². The molecule has 1 aliphatic rings. The van der Waals surface area contributed by atoms with Crippen LogP contribution >= 0.6 is 0 Å². The zero-order valence-corrected chi connectivity index (χ0v) is 18.0. The minimum absolute atomic E-state index is 0.00227. The third-order valence-corrected chi connectivity index (χ3v) is 4.89. The molecule has 1 aliphatic heterocycles. The summed E-state index contributed by atoms with van der Waals surface area (Å²) in [5.41, 5.74) is 3.58. The Bertz CT molecular complexity index is 832. The van der Waals surface area contributed by atoms with Crippen molar-refractivity contribution in [2.75, 3.05) is 12.4 Å². The number of ether oxygens (including phenoxy) is 1.